The van der Waals surface area contributed by atoms with Crippen LogP contribution in [-0.4, -0.2) is 22.6 Å². The molecule has 0 spiro atoms. The van der Waals surface area contributed by atoms with Crippen molar-refractivity contribution in [1.29, 1.82) is 0 Å². The van der Waals surface area contributed by atoms with E-state index in [4.69, 9.17) is 4.74 Å². The third-order valence-corrected chi connectivity index (χ3v) is 3.96. The van der Waals surface area contributed by atoms with Crippen LogP contribution in [0.3, 0.4) is 0 Å². The van der Waals surface area contributed by atoms with Gasteiger partial charge in [-0.3, -0.25) is 14.2 Å². The van der Waals surface area contributed by atoms with E-state index < -0.39 is 0 Å². The molecular formula is C19H19N3O3. The zero-order valence-electron chi connectivity index (χ0n) is 14.2. The van der Waals surface area contributed by atoms with Gasteiger partial charge in [-0.05, 0) is 24.6 Å². The van der Waals surface area contributed by atoms with E-state index in [-0.39, 0.29) is 18.0 Å². The van der Waals surface area contributed by atoms with Gasteiger partial charge in [-0.25, -0.2) is 4.98 Å². The fourth-order valence-electron chi connectivity index (χ4n) is 2.72. The van der Waals surface area contributed by atoms with E-state index in [2.05, 4.69) is 10.3 Å². The lowest BCUT2D eigenvalue weighted by Gasteiger charge is -2.11. The number of nitrogens with one attached hydrogen (secondary N) is 1. The lowest BCUT2D eigenvalue weighted by Crippen LogP contribution is -2.28. The number of hydrogen-bond acceptors (Lipinski definition) is 4. The van der Waals surface area contributed by atoms with Crippen molar-refractivity contribution in [3.63, 3.8) is 0 Å². The van der Waals surface area contributed by atoms with Crippen LogP contribution in [0.2, 0.25) is 0 Å². The van der Waals surface area contributed by atoms with Crippen LogP contribution in [-0.2, 0) is 22.7 Å². The van der Waals surface area contributed by atoms with Crippen LogP contribution < -0.4 is 10.9 Å². The van der Waals surface area contributed by atoms with Crippen molar-refractivity contribution >= 4 is 22.5 Å². The number of carbonyl (C=O) groups excluding carboxylic acids is 1. The topological polar surface area (TPSA) is 73.2 Å². The number of methoxy groups -OCH3 is 1. The van der Waals surface area contributed by atoms with E-state index in [1.165, 1.54) is 10.9 Å². The number of hydrogen-bond donors (Lipinski definition) is 1. The SMILES string of the molecule is COCc1ccccc1NC(=O)Cn1cnc2c(C)cccc2c1=O. The van der Waals surface area contributed by atoms with E-state index in [1.807, 2.05) is 37.3 Å². The fourth-order valence-corrected chi connectivity index (χ4v) is 2.72. The lowest BCUT2D eigenvalue weighted by atomic mass is 10.1. The van der Waals surface area contributed by atoms with Gasteiger partial charge >= 0.3 is 0 Å². The Balaban J connectivity index is 1.83. The molecule has 0 aliphatic carbocycles. The molecule has 1 amide bonds. The average molecular weight is 337 g/mol. The summed E-state index contributed by atoms with van der Waals surface area (Å²) in [5, 5.41) is 3.33. The smallest absolute Gasteiger partial charge is 0.261 e. The molecule has 0 aliphatic rings. The maximum Gasteiger partial charge on any atom is 0.261 e. The molecule has 1 heterocycles. The highest BCUT2D eigenvalue weighted by molar-refractivity contribution is 5.91. The molecule has 3 aromatic rings. The van der Waals surface area contributed by atoms with Gasteiger partial charge in [-0.1, -0.05) is 30.3 Å². The van der Waals surface area contributed by atoms with Gasteiger partial charge < -0.3 is 10.1 Å². The highest BCUT2D eigenvalue weighted by Gasteiger charge is 2.11. The van der Waals surface area contributed by atoms with Crippen molar-refractivity contribution in [2.75, 3.05) is 12.4 Å². The van der Waals surface area contributed by atoms with Gasteiger partial charge in [0.1, 0.15) is 6.54 Å². The highest BCUT2D eigenvalue weighted by Crippen LogP contribution is 2.16. The largest absolute Gasteiger partial charge is 0.380 e. The number of carbonyl (C=O) groups is 1. The fraction of sp³-hybridized carbons (Fsp3) is 0.211. The molecule has 6 nitrogen and oxygen atoms in total. The Morgan fingerprint density at radius 3 is 2.80 bits per heavy atom. The Kier molecular flexibility index (Phi) is 4.90. The van der Waals surface area contributed by atoms with Crippen molar-refractivity contribution in [2.24, 2.45) is 0 Å². The Bertz CT molecular complexity index is 979. The molecule has 0 aliphatic heterocycles. The van der Waals surface area contributed by atoms with E-state index in [0.717, 1.165) is 11.1 Å². The molecule has 6 heteroatoms. The molecule has 1 N–H and O–H groups in total. The number of amides is 1. The maximum absolute atomic E-state index is 12.6. The number of anilines is 1. The van der Waals surface area contributed by atoms with Crippen molar-refractivity contribution in [2.45, 2.75) is 20.1 Å². The highest BCUT2D eigenvalue weighted by atomic mass is 16.5. The average Bonchev–Trinajstić information content (AvgIpc) is 2.60. The molecule has 2 aromatic carbocycles. The first-order valence-corrected chi connectivity index (χ1v) is 7.91. The van der Waals surface area contributed by atoms with Crippen LogP contribution in [0.15, 0.2) is 53.6 Å². The minimum atomic E-state index is -0.292. The quantitative estimate of drug-likeness (QED) is 0.776. The predicted molar refractivity (Wildman–Crippen MR) is 96.5 cm³/mol. The van der Waals surface area contributed by atoms with Crippen LogP contribution in [0.25, 0.3) is 10.9 Å². The minimum Gasteiger partial charge on any atom is -0.380 e. The van der Waals surface area contributed by atoms with Crippen LogP contribution in [0.5, 0.6) is 0 Å². The zero-order valence-corrected chi connectivity index (χ0v) is 14.2. The van der Waals surface area contributed by atoms with Gasteiger partial charge in [0, 0.05) is 18.4 Å². The van der Waals surface area contributed by atoms with Gasteiger partial charge in [-0.2, -0.15) is 0 Å². The molecule has 0 unspecified atom stereocenters. The molecule has 3 rings (SSSR count). The van der Waals surface area contributed by atoms with Crippen molar-refractivity contribution in [3.8, 4) is 0 Å². The number of ether oxygens (including phenoxy) is 1. The summed E-state index contributed by atoms with van der Waals surface area (Å²) in [4.78, 5) is 29.2. The number of para-hydroxylation sites is 2. The third-order valence-electron chi connectivity index (χ3n) is 3.96. The number of rotatable bonds is 5. The second-order valence-corrected chi connectivity index (χ2v) is 5.79. The molecule has 0 bridgehead atoms. The van der Waals surface area contributed by atoms with E-state index in [9.17, 15) is 9.59 Å². The Morgan fingerprint density at radius 2 is 2.00 bits per heavy atom. The summed E-state index contributed by atoms with van der Waals surface area (Å²) in [6, 6.07) is 12.8. The summed E-state index contributed by atoms with van der Waals surface area (Å²) in [5.41, 5.74) is 2.91. The zero-order chi connectivity index (χ0) is 17.8. The molecular weight excluding hydrogens is 318 g/mol. The first-order chi connectivity index (χ1) is 12.1. The summed E-state index contributed by atoms with van der Waals surface area (Å²) in [5.74, 6) is -0.292. The van der Waals surface area contributed by atoms with Crippen molar-refractivity contribution < 1.29 is 9.53 Å². The lowest BCUT2D eigenvalue weighted by molar-refractivity contribution is -0.116. The van der Waals surface area contributed by atoms with E-state index in [1.54, 1.807) is 19.2 Å². The Labute approximate surface area is 145 Å². The number of benzene rings is 2. The molecule has 0 radical (unpaired) electrons. The summed E-state index contributed by atoms with van der Waals surface area (Å²) in [6.07, 6.45) is 1.41. The normalized spacial score (nSPS) is 10.8. The van der Waals surface area contributed by atoms with Crippen molar-refractivity contribution in [3.05, 3.63) is 70.3 Å². The standard InChI is InChI=1S/C19H19N3O3/c1-13-6-5-8-15-18(13)20-12-22(19(15)24)10-17(23)21-16-9-4-3-7-14(16)11-25-2/h3-9,12H,10-11H2,1-2H3,(H,21,23). The first-order valence-electron chi connectivity index (χ1n) is 7.91. The monoisotopic (exact) mass is 337 g/mol. The Hall–Kier alpha value is -2.99. The molecule has 0 atom stereocenters. The molecule has 128 valence electrons. The summed E-state index contributed by atoms with van der Waals surface area (Å²) < 4.78 is 6.45. The van der Waals surface area contributed by atoms with Crippen LogP contribution in [0.4, 0.5) is 5.69 Å². The minimum absolute atomic E-state index is 0.100. The predicted octanol–water partition coefficient (Wildman–Crippen LogP) is 2.49. The molecule has 1 aromatic heterocycles. The second-order valence-electron chi connectivity index (χ2n) is 5.79. The maximum atomic E-state index is 12.6. The number of aromatic nitrogens is 2. The first kappa shape index (κ1) is 16.9. The molecule has 0 saturated heterocycles. The van der Waals surface area contributed by atoms with Gasteiger partial charge in [0.15, 0.2) is 0 Å². The van der Waals surface area contributed by atoms with Crippen LogP contribution in [0.1, 0.15) is 11.1 Å². The summed E-state index contributed by atoms with van der Waals surface area (Å²) >= 11 is 0. The van der Waals surface area contributed by atoms with E-state index >= 15 is 0 Å². The summed E-state index contributed by atoms with van der Waals surface area (Å²) in [6.45, 7) is 2.20. The van der Waals surface area contributed by atoms with Gasteiger partial charge in [0.25, 0.3) is 5.56 Å². The Morgan fingerprint density at radius 1 is 1.20 bits per heavy atom. The molecule has 0 fully saturated rings. The summed E-state index contributed by atoms with van der Waals surface area (Å²) in [7, 11) is 1.60. The van der Waals surface area contributed by atoms with Crippen LogP contribution in [0, 0.1) is 6.92 Å². The second kappa shape index (κ2) is 7.27. The van der Waals surface area contributed by atoms with Gasteiger partial charge in [-0.15, -0.1) is 0 Å². The van der Waals surface area contributed by atoms with Gasteiger partial charge in [0.05, 0.1) is 23.8 Å². The van der Waals surface area contributed by atoms with E-state index in [0.29, 0.717) is 23.2 Å². The van der Waals surface area contributed by atoms with Gasteiger partial charge in [0.2, 0.25) is 5.91 Å². The molecule has 0 saturated carbocycles. The number of fused-ring (bicyclic) bond motifs is 1. The van der Waals surface area contributed by atoms with Crippen LogP contribution >= 0.6 is 0 Å². The molecule has 25 heavy (non-hydrogen) atoms. The van der Waals surface area contributed by atoms with Crippen molar-refractivity contribution in [1.82, 2.24) is 9.55 Å². The number of aryl methyl sites for hydroxylation is 1. The third kappa shape index (κ3) is 3.59. The number of nitrogens with zero attached hydrogens (tertiary/aromatic N) is 2.